The summed E-state index contributed by atoms with van der Waals surface area (Å²) in [5.74, 6) is -0.0872. The Hall–Kier alpha value is -2.80. The van der Waals surface area contributed by atoms with E-state index in [0.29, 0.717) is 5.69 Å². The molecule has 0 aliphatic carbocycles. The van der Waals surface area contributed by atoms with Crippen molar-refractivity contribution in [2.24, 2.45) is 0 Å². The summed E-state index contributed by atoms with van der Waals surface area (Å²) >= 11 is 0. The molecule has 1 amide bonds. The van der Waals surface area contributed by atoms with E-state index in [1.54, 1.807) is 15.8 Å². The highest BCUT2D eigenvalue weighted by atomic mass is 16.2. The van der Waals surface area contributed by atoms with Crippen molar-refractivity contribution in [1.29, 1.82) is 0 Å². The normalized spacial score (nSPS) is 17.1. The Morgan fingerprint density at radius 3 is 3.00 bits per heavy atom. The molecule has 1 saturated heterocycles. The number of likely N-dealkylation sites (N-methyl/N-ethyl adjacent to an activating group) is 1. The number of aromatic nitrogens is 4. The van der Waals surface area contributed by atoms with Crippen LogP contribution in [0.3, 0.4) is 0 Å². The van der Waals surface area contributed by atoms with E-state index in [1.807, 2.05) is 44.3 Å². The molecule has 1 fully saturated rings. The molecule has 7 heteroatoms. The number of amides is 1. The maximum Gasteiger partial charge on any atom is 0.276 e. The van der Waals surface area contributed by atoms with E-state index in [0.717, 1.165) is 41.8 Å². The molecule has 2 aromatic heterocycles. The van der Waals surface area contributed by atoms with Crippen molar-refractivity contribution in [2.75, 3.05) is 20.1 Å². The zero-order valence-corrected chi connectivity index (χ0v) is 14.3. The number of hydrogen-bond donors (Lipinski definition) is 1. The highest BCUT2D eigenvalue weighted by molar-refractivity contribution is 5.94. The van der Waals surface area contributed by atoms with Gasteiger partial charge in [0.15, 0.2) is 5.69 Å². The molecular weight excluding hydrogens is 316 g/mol. The average molecular weight is 336 g/mol. The van der Waals surface area contributed by atoms with Crippen LogP contribution in [0.25, 0.3) is 16.6 Å². The largest absolute Gasteiger partial charge is 0.336 e. The highest BCUT2D eigenvalue weighted by Gasteiger charge is 2.27. The van der Waals surface area contributed by atoms with Gasteiger partial charge in [-0.05, 0) is 44.2 Å². The molecular formula is C18H20N6O. The number of nitrogens with one attached hydrogen (secondary N) is 1. The zero-order chi connectivity index (χ0) is 17.4. The van der Waals surface area contributed by atoms with E-state index in [-0.39, 0.29) is 11.9 Å². The van der Waals surface area contributed by atoms with Crippen molar-refractivity contribution in [3.05, 3.63) is 47.9 Å². The number of benzene rings is 1. The molecule has 0 radical (unpaired) electrons. The second kappa shape index (κ2) is 6.25. The van der Waals surface area contributed by atoms with E-state index >= 15 is 0 Å². The second-order valence-corrected chi connectivity index (χ2v) is 6.35. The van der Waals surface area contributed by atoms with Gasteiger partial charge in [-0.3, -0.25) is 9.78 Å². The van der Waals surface area contributed by atoms with Crippen LogP contribution in [-0.2, 0) is 0 Å². The number of rotatable bonds is 3. The average Bonchev–Trinajstić information content (AvgIpc) is 3.30. The van der Waals surface area contributed by atoms with Crippen LogP contribution < -0.4 is 5.32 Å². The minimum absolute atomic E-state index is 0.0872. The van der Waals surface area contributed by atoms with E-state index in [4.69, 9.17) is 0 Å². The number of carbonyl (C=O) groups excluding carboxylic acids is 1. The summed E-state index contributed by atoms with van der Waals surface area (Å²) in [7, 11) is 1.83. The van der Waals surface area contributed by atoms with Crippen LogP contribution in [0, 0.1) is 6.92 Å². The molecule has 3 aromatic rings. The summed E-state index contributed by atoms with van der Waals surface area (Å²) in [5.41, 5.74) is 2.89. The predicted molar refractivity (Wildman–Crippen MR) is 94.8 cm³/mol. The number of carbonyl (C=O) groups is 1. The molecule has 25 heavy (non-hydrogen) atoms. The van der Waals surface area contributed by atoms with Crippen LogP contribution in [0.15, 0.2) is 36.5 Å². The summed E-state index contributed by atoms with van der Waals surface area (Å²) in [6.45, 7) is 3.64. The Balaban J connectivity index is 1.72. The lowest BCUT2D eigenvalue weighted by Crippen LogP contribution is -2.38. The number of hydrogen-bond acceptors (Lipinski definition) is 5. The molecule has 1 N–H and O–H groups in total. The molecule has 1 aromatic carbocycles. The van der Waals surface area contributed by atoms with E-state index in [2.05, 4.69) is 20.6 Å². The van der Waals surface area contributed by atoms with Crippen LogP contribution >= 0.6 is 0 Å². The Labute approximate surface area is 145 Å². The van der Waals surface area contributed by atoms with Gasteiger partial charge in [-0.1, -0.05) is 11.3 Å². The van der Waals surface area contributed by atoms with Gasteiger partial charge in [-0.15, -0.1) is 5.10 Å². The number of nitrogens with zero attached hydrogens (tertiary/aromatic N) is 5. The van der Waals surface area contributed by atoms with Gasteiger partial charge in [0.05, 0.1) is 16.9 Å². The van der Waals surface area contributed by atoms with Crippen LogP contribution in [0.1, 0.15) is 22.6 Å². The number of pyridine rings is 1. The standard InChI is InChI=1S/C18H20N6O/c1-12-17(18(25)23(2)13-8-10-19-11-13)21-22-24(12)16-7-3-6-15-14(16)5-4-9-20-15/h3-7,9,13,19H,8,10-11H2,1-2H3/t13-/m0/s1. The summed E-state index contributed by atoms with van der Waals surface area (Å²) in [5, 5.41) is 12.7. The molecule has 128 valence electrons. The van der Waals surface area contributed by atoms with E-state index < -0.39 is 0 Å². The van der Waals surface area contributed by atoms with Gasteiger partial charge in [-0.2, -0.15) is 0 Å². The maximum absolute atomic E-state index is 12.8. The van der Waals surface area contributed by atoms with Crippen LogP contribution in [-0.4, -0.2) is 57.0 Å². The fourth-order valence-electron chi connectivity index (χ4n) is 3.33. The van der Waals surface area contributed by atoms with Gasteiger partial charge in [-0.25, -0.2) is 4.68 Å². The summed E-state index contributed by atoms with van der Waals surface area (Å²) in [4.78, 5) is 19.0. The minimum atomic E-state index is -0.0872. The fraction of sp³-hybridized carbons (Fsp3) is 0.333. The Morgan fingerprint density at radius 1 is 1.32 bits per heavy atom. The minimum Gasteiger partial charge on any atom is -0.336 e. The molecule has 4 rings (SSSR count). The third-order valence-electron chi connectivity index (χ3n) is 4.85. The van der Waals surface area contributed by atoms with E-state index in [1.165, 1.54) is 0 Å². The topological polar surface area (TPSA) is 75.9 Å². The smallest absolute Gasteiger partial charge is 0.276 e. The molecule has 7 nitrogen and oxygen atoms in total. The first-order chi connectivity index (χ1) is 12.2. The van der Waals surface area contributed by atoms with Gasteiger partial charge in [0.2, 0.25) is 0 Å². The molecule has 0 unspecified atom stereocenters. The van der Waals surface area contributed by atoms with Crippen molar-refractivity contribution in [1.82, 2.24) is 30.2 Å². The first-order valence-corrected chi connectivity index (χ1v) is 8.41. The van der Waals surface area contributed by atoms with Crippen LogP contribution in [0.5, 0.6) is 0 Å². The molecule has 0 bridgehead atoms. The molecule has 3 heterocycles. The van der Waals surface area contributed by atoms with Crippen molar-refractivity contribution >= 4 is 16.8 Å². The third-order valence-corrected chi connectivity index (χ3v) is 4.85. The lowest BCUT2D eigenvalue weighted by molar-refractivity contribution is 0.0737. The maximum atomic E-state index is 12.8. The van der Waals surface area contributed by atoms with Crippen molar-refractivity contribution in [3.8, 4) is 5.69 Å². The Kier molecular flexibility index (Phi) is 3.93. The zero-order valence-electron chi connectivity index (χ0n) is 14.3. The van der Waals surface area contributed by atoms with Crippen molar-refractivity contribution < 1.29 is 4.79 Å². The van der Waals surface area contributed by atoms with Gasteiger partial charge in [0, 0.05) is 31.2 Å². The first-order valence-electron chi connectivity index (χ1n) is 8.41. The Bertz CT molecular complexity index is 923. The predicted octanol–water partition coefficient (Wildman–Crippen LogP) is 1.56. The molecule has 1 aliphatic heterocycles. The first kappa shape index (κ1) is 15.7. The van der Waals surface area contributed by atoms with Crippen molar-refractivity contribution in [2.45, 2.75) is 19.4 Å². The quantitative estimate of drug-likeness (QED) is 0.785. The third kappa shape index (κ3) is 2.66. The molecule has 0 spiro atoms. The summed E-state index contributed by atoms with van der Waals surface area (Å²) < 4.78 is 1.72. The lowest BCUT2D eigenvalue weighted by atomic mass is 10.1. The molecule has 1 aliphatic rings. The highest BCUT2D eigenvalue weighted by Crippen LogP contribution is 2.22. The van der Waals surface area contributed by atoms with E-state index in [9.17, 15) is 4.79 Å². The van der Waals surface area contributed by atoms with Gasteiger partial charge in [0.25, 0.3) is 5.91 Å². The fourth-order valence-corrected chi connectivity index (χ4v) is 3.33. The second-order valence-electron chi connectivity index (χ2n) is 6.35. The van der Waals surface area contributed by atoms with Gasteiger partial charge >= 0.3 is 0 Å². The van der Waals surface area contributed by atoms with Crippen LogP contribution in [0.4, 0.5) is 0 Å². The van der Waals surface area contributed by atoms with Crippen molar-refractivity contribution in [3.63, 3.8) is 0 Å². The lowest BCUT2D eigenvalue weighted by Gasteiger charge is -2.22. The number of fused-ring (bicyclic) bond motifs is 1. The van der Waals surface area contributed by atoms with Gasteiger partial charge in [0.1, 0.15) is 0 Å². The van der Waals surface area contributed by atoms with Gasteiger partial charge < -0.3 is 10.2 Å². The molecule has 0 saturated carbocycles. The summed E-state index contributed by atoms with van der Waals surface area (Å²) in [6.07, 6.45) is 2.73. The Morgan fingerprint density at radius 2 is 2.20 bits per heavy atom. The summed E-state index contributed by atoms with van der Waals surface area (Å²) in [6, 6.07) is 9.95. The molecule has 1 atom stereocenters. The monoisotopic (exact) mass is 336 g/mol. The van der Waals surface area contributed by atoms with Crippen LogP contribution in [0.2, 0.25) is 0 Å². The SMILES string of the molecule is Cc1c(C(=O)N(C)[C@H]2CCNC2)nnn1-c1cccc2ncccc12.